The molecule has 156 valence electrons. The zero-order chi connectivity index (χ0) is 21.1. The van der Waals surface area contributed by atoms with Crippen molar-refractivity contribution in [2.75, 3.05) is 13.2 Å². The molecule has 2 aliphatic heterocycles. The largest absolute Gasteiger partial charge is 0.465 e. The van der Waals surface area contributed by atoms with E-state index in [1.165, 1.54) is 0 Å². The molecule has 0 spiro atoms. The maximum Gasteiger partial charge on any atom is 0.320 e. The lowest BCUT2D eigenvalue weighted by molar-refractivity contribution is -0.155. The predicted molar refractivity (Wildman–Crippen MR) is 107 cm³/mol. The number of carbonyl (C=O) groups is 3. The number of hydrogen-bond donors (Lipinski definition) is 2. The first-order valence-corrected chi connectivity index (χ1v) is 9.88. The zero-order valence-corrected chi connectivity index (χ0v) is 16.5. The van der Waals surface area contributed by atoms with Crippen LogP contribution in [-0.2, 0) is 19.1 Å². The van der Waals surface area contributed by atoms with Crippen LogP contribution in [0.1, 0.15) is 29.1 Å². The van der Waals surface area contributed by atoms with Gasteiger partial charge in [-0.1, -0.05) is 48.5 Å². The Hall–Kier alpha value is -3.23. The standard InChI is InChI=1S/C22H23N3O5/c1-2-29-22(28)17-18(23-24-19(26)14-9-5-3-6-10-14)16-13-30-21(25(16)20(17)27)15-11-7-4-8-12-15/h3-12,16-18,21,23H,2,13H2,1H3,(H,24,26)/t16-,17?,18?,21-/m1/s1. The van der Waals surface area contributed by atoms with E-state index in [4.69, 9.17) is 9.47 Å². The molecule has 2 heterocycles. The monoisotopic (exact) mass is 409 g/mol. The number of nitrogens with zero attached hydrogens (tertiary/aromatic N) is 1. The van der Waals surface area contributed by atoms with Gasteiger partial charge in [0.25, 0.3) is 5.91 Å². The molecule has 2 saturated heterocycles. The van der Waals surface area contributed by atoms with E-state index in [2.05, 4.69) is 10.9 Å². The summed E-state index contributed by atoms with van der Waals surface area (Å²) in [5.74, 6) is -2.42. The lowest BCUT2D eigenvalue weighted by Gasteiger charge is -2.23. The number of rotatable bonds is 6. The highest BCUT2D eigenvalue weighted by atomic mass is 16.5. The van der Waals surface area contributed by atoms with Gasteiger partial charge < -0.3 is 14.4 Å². The maximum absolute atomic E-state index is 13.2. The van der Waals surface area contributed by atoms with Gasteiger partial charge in [0.2, 0.25) is 5.91 Å². The minimum absolute atomic E-state index is 0.162. The van der Waals surface area contributed by atoms with Crippen molar-refractivity contribution in [2.24, 2.45) is 5.92 Å². The van der Waals surface area contributed by atoms with E-state index in [9.17, 15) is 14.4 Å². The summed E-state index contributed by atoms with van der Waals surface area (Å²) in [5.41, 5.74) is 6.81. The summed E-state index contributed by atoms with van der Waals surface area (Å²) in [6, 6.07) is 16.9. The minimum Gasteiger partial charge on any atom is -0.465 e. The van der Waals surface area contributed by atoms with Gasteiger partial charge in [0.1, 0.15) is 0 Å². The Morgan fingerprint density at radius 1 is 1.10 bits per heavy atom. The molecule has 2 fully saturated rings. The summed E-state index contributed by atoms with van der Waals surface area (Å²) < 4.78 is 11.0. The fourth-order valence-electron chi connectivity index (χ4n) is 3.96. The van der Waals surface area contributed by atoms with Gasteiger partial charge in [-0.05, 0) is 19.1 Å². The number of hydrogen-bond acceptors (Lipinski definition) is 6. The van der Waals surface area contributed by atoms with Crippen molar-refractivity contribution in [1.82, 2.24) is 15.8 Å². The molecule has 0 radical (unpaired) electrons. The quantitative estimate of drug-likeness (QED) is 0.425. The molecule has 0 bridgehead atoms. The number of nitrogens with one attached hydrogen (secondary N) is 2. The Balaban J connectivity index is 1.56. The molecule has 2 aromatic rings. The molecular weight excluding hydrogens is 386 g/mol. The van der Waals surface area contributed by atoms with Crippen LogP contribution in [0.2, 0.25) is 0 Å². The van der Waals surface area contributed by atoms with Crippen molar-refractivity contribution >= 4 is 17.8 Å². The Kier molecular flexibility index (Phi) is 5.78. The van der Waals surface area contributed by atoms with Crippen molar-refractivity contribution in [3.05, 3.63) is 71.8 Å². The van der Waals surface area contributed by atoms with Crippen LogP contribution in [0.3, 0.4) is 0 Å². The number of benzene rings is 2. The summed E-state index contributed by atoms with van der Waals surface area (Å²) in [4.78, 5) is 39.8. The van der Waals surface area contributed by atoms with Crippen LogP contribution in [0, 0.1) is 5.92 Å². The first kappa shape index (κ1) is 20.1. The smallest absolute Gasteiger partial charge is 0.320 e. The number of ether oxygens (including phenoxy) is 2. The van der Waals surface area contributed by atoms with Gasteiger partial charge in [-0.15, -0.1) is 0 Å². The first-order valence-electron chi connectivity index (χ1n) is 9.88. The average Bonchev–Trinajstić information content (AvgIpc) is 3.32. The van der Waals surface area contributed by atoms with Gasteiger partial charge in [-0.25, -0.2) is 5.43 Å². The summed E-state index contributed by atoms with van der Waals surface area (Å²) >= 11 is 0. The van der Waals surface area contributed by atoms with Gasteiger partial charge in [-0.2, -0.15) is 0 Å². The summed E-state index contributed by atoms with van der Waals surface area (Å²) in [5, 5.41) is 0. The molecule has 2 N–H and O–H groups in total. The van der Waals surface area contributed by atoms with E-state index in [0.29, 0.717) is 5.56 Å². The lowest BCUT2D eigenvalue weighted by Crippen LogP contribution is -2.53. The molecule has 0 aromatic heterocycles. The number of amides is 2. The Morgan fingerprint density at radius 2 is 1.77 bits per heavy atom. The van der Waals surface area contributed by atoms with E-state index >= 15 is 0 Å². The maximum atomic E-state index is 13.2. The number of fused-ring (bicyclic) bond motifs is 1. The van der Waals surface area contributed by atoms with Crippen LogP contribution in [0.5, 0.6) is 0 Å². The topological polar surface area (TPSA) is 97.0 Å². The fourth-order valence-corrected chi connectivity index (χ4v) is 3.96. The Labute approximate surface area is 174 Å². The van der Waals surface area contributed by atoms with Crippen LogP contribution in [0.15, 0.2) is 60.7 Å². The second-order valence-electron chi connectivity index (χ2n) is 7.13. The molecule has 8 nitrogen and oxygen atoms in total. The highest BCUT2D eigenvalue weighted by Gasteiger charge is 2.58. The third kappa shape index (κ3) is 3.67. The molecular formula is C22H23N3O5. The fraction of sp³-hybridized carbons (Fsp3) is 0.318. The van der Waals surface area contributed by atoms with Crippen LogP contribution < -0.4 is 10.9 Å². The van der Waals surface area contributed by atoms with Gasteiger partial charge in [0, 0.05) is 11.1 Å². The van der Waals surface area contributed by atoms with E-state index in [1.807, 2.05) is 36.4 Å². The third-order valence-electron chi connectivity index (χ3n) is 5.34. The molecule has 30 heavy (non-hydrogen) atoms. The zero-order valence-electron chi connectivity index (χ0n) is 16.5. The molecule has 2 unspecified atom stereocenters. The number of esters is 1. The molecule has 2 aliphatic rings. The molecule has 4 atom stereocenters. The predicted octanol–water partition coefficient (Wildman–Crippen LogP) is 1.41. The van der Waals surface area contributed by atoms with E-state index in [1.54, 1.807) is 36.1 Å². The molecule has 2 aromatic carbocycles. The molecule has 2 amide bonds. The second kappa shape index (κ2) is 8.64. The molecule has 8 heteroatoms. The van der Waals surface area contributed by atoms with E-state index in [0.717, 1.165) is 5.56 Å². The summed E-state index contributed by atoms with van der Waals surface area (Å²) in [6.45, 7) is 2.09. The Morgan fingerprint density at radius 3 is 2.43 bits per heavy atom. The van der Waals surface area contributed by atoms with Crippen molar-refractivity contribution in [3.8, 4) is 0 Å². The van der Waals surface area contributed by atoms with Crippen LogP contribution in [0.4, 0.5) is 0 Å². The highest BCUT2D eigenvalue weighted by Crippen LogP contribution is 2.40. The van der Waals surface area contributed by atoms with Gasteiger partial charge in [0.15, 0.2) is 12.1 Å². The van der Waals surface area contributed by atoms with Gasteiger partial charge in [-0.3, -0.25) is 19.8 Å². The molecule has 4 rings (SSSR count). The summed E-state index contributed by atoms with van der Waals surface area (Å²) in [7, 11) is 0. The third-order valence-corrected chi connectivity index (χ3v) is 5.34. The molecule has 0 saturated carbocycles. The first-order chi connectivity index (χ1) is 14.6. The number of hydrazine groups is 1. The van der Waals surface area contributed by atoms with Crippen molar-refractivity contribution in [1.29, 1.82) is 0 Å². The van der Waals surface area contributed by atoms with Crippen molar-refractivity contribution in [3.63, 3.8) is 0 Å². The second-order valence-corrected chi connectivity index (χ2v) is 7.13. The van der Waals surface area contributed by atoms with Crippen LogP contribution in [0.25, 0.3) is 0 Å². The van der Waals surface area contributed by atoms with Gasteiger partial charge in [0.05, 0.1) is 25.3 Å². The van der Waals surface area contributed by atoms with Crippen molar-refractivity contribution in [2.45, 2.75) is 25.2 Å². The van der Waals surface area contributed by atoms with E-state index < -0.39 is 30.2 Å². The highest BCUT2D eigenvalue weighted by molar-refractivity contribution is 6.01. The minimum atomic E-state index is -1.07. The van der Waals surface area contributed by atoms with Crippen LogP contribution >= 0.6 is 0 Å². The van der Waals surface area contributed by atoms with Crippen LogP contribution in [-0.4, -0.2) is 48.0 Å². The molecule has 0 aliphatic carbocycles. The SMILES string of the molecule is CCOC(=O)C1C(=O)N2[C@@H](c3ccccc3)OC[C@@H]2C1NNC(=O)c1ccccc1. The lowest BCUT2D eigenvalue weighted by atomic mass is 9.99. The van der Waals surface area contributed by atoms with E-state index in [-0.39, 0.29) is 25.0 Å². The summed E-state index contributed by atoms with van der Waals surface area (Å²) in [6.07, 6.45) is -0.586. The van der Waals surface area contributed by atoms with Crippen molar-refractivity contribution < 1.29 is 23.9 Å². The normalized spacial score (nSPS) is 25.1. The van der Waals surface area contributed by atoms with Gasteiger partial charge >= 0.3 is 5.97 Å². The average molecular weight is 409 g/mol. The Bertz CT molecular complexity index is 921. The number of carbonyl (C=O) groups excluding carboxylic acids is 3.